The fourth-order valence-corrected chi connectivity index (χ4v) is 3.77. The van der Waals surface area contributed by atoms with Crippen LogP contribution in [0.3, 0.4) is 0 Å². The number of amides is 3. The first kappa shape index (κ1) is 21.8. The number of likely N-dealkylation sites (tertiary alicyclic amines) is 1. The van der Waals surface area contributed by atoms with Crippen molar-refractivity contribution in [2.24, 2.45) is 5.92 Å². The van der Waals surface area contributed by atoms with Crippen molar-refractivity contribution in [1.29, 1.82) is 0 Å². The molecule has 0 spiro atoms. The summed E-state index contributed by atoms with van der Waals surface area (Å²) in [6.45, 7) is 3.62. The second-order valence-corrected chi connectivity index (χ2v) is 7.95. The van der Waals surface area contributed by atoms with Crippen LogP contribution in [0.1, 0.15) is 24.8 Å². The van der Waals surface area contributed by atoms with E-state index in [1.807, 2.05) is 36.4 Å². The minimum Gasteiger partial charge on any atom is -0.338 e. The lowest BCUT2D eigenvalue weighted by Crippen LogP contribution is -2.48. The largest absolute Gasteiger partial charge is 0.338 e. The number of rotatable bonds is 8. The van der Waals surface area contributed by atoms with Gasteiger partial charge in [0, 0.05) is 31.9 Å². The van der Waals surface area contributed by atoms with Gasteiger partial charge in [-0.15, -0.1) is 0 Å². The van der Waals surface area contributed by atoms with Gasteiger partial charge in [0.2, 0.25) is 5.91 Å². The number of para-hydroxylation sites is 1. The van der Waals surface area contributed by atoms with Gasteiger partial charge in [0.1, 0.15) is 0 Å². The van der Waals surface area contributed by atoms with Crippen LogP contribution in [0.15, 0.2) is 60.7 Å². The molecule has 1 aliphatic rings. The smallest absolute Gasteiger partial charge is 0.317 e. The van der Waals surface area contributed by atoms with Gasteiger partial charge in [0.25, 0.3) is 0 Å². The lowest BCUT2D eigenvalue weighted by Gasteiger charge is -2.32. The fraction of sp³-hybridized carbons (Fsp3) is 0.417. The Morgan fingerprint density at radius 1 is 1.07 bits per heavy atom. The number of piperidine rings is 1. The van der Waals surface area contributed by atoms with Crippen LogP contribution in [0, 0.1) is 5.92 Å². The molecule has 6 heteroatoms. The van der Waals surface area contributed by atoms with Gasteiger partial charge in [-0.05, 0) is 50.6 Å². The Balaban J connectivity index is 1.36. The third kappa shape index (κ3) is 6.88. The maximum absolute atomic E-state index is 12.5. The minimum absolute atomic E-state index is 0.0127. The van der Waals surface area contributed by atoms with Gasteiger partial charge in [-0.3, -0.25) is 4.79 Å². The Hall–Kier alpha value is -2.86. The Kier molecular flexibility index (Phi) is 8.27. The molecule has 1 heterocycles. The lowest BCUT2D eigenvalue weighted by atomic mass is 9.97. The number of hydrogen-bond donors (Lipinski definition) is 2. The highest BCUT2D eigenvalue weighted by Gasteiger charge is 2.28. The van der Waals surface area contributed by atoms with E-state index >= 15 is 0 Å². The molecule has 3 amide bonds. The Morgan fingerprint density at radius 3 is 2.50 bits per heavy atom. The first-order valence-corrected chi connectivity index (χ1v) is 10.7. The van der Waals surface area contributed by atoms with E-state index < -0.39 is 0 Å². The molecule has 1 unspecified atom stereocenters. The van der Waals surface area contributed by atoms with E-state index in [-0.39, 0.29) is 17.9 Å². The Labute approximate surface area is 179 Å². The van der Waals surface area contributed by atoms with Crippen LogP contribution >= 0.6 is 0 Å². The van der Waals surface area contributed by atoms with Crippen molar-refractivity contribution >= 4 is 17.6 Å². The highest BCUT2D eigenvalue weighted by atomic mass is 16.2. The number of carbonyl (C=O) groups excluding carboxylic acids is 2. The molecule has 0 radical (unpaired) electrons. The van der Waals surface area contributed by atoms with Gasteiger partial charge in [0.15, 0.2) is 0 Å². The molecule has 2 aromatic carbocycles. The van der Waals surface area contributed by atoms with Crippen molar-refractivity contribution in [2.45, 2.75) is 25.8 Å². The summed E-state index contributed by atoms with van der Waals surface area (Å²) >= 11 is 0. The summed E-state index contributed by atoms with van der Waals surface area (Å²) < 4.78 is 0. The van der Waals surface area contributed by atoms with E-state index in [9.17, 15) is 9.59 Å². The van der Waals surface area contributed by atoms with Crippen LogP contribution in [0.5, 0.6) is 0 Å². The second kappa shape index (κ2) is 11.4. The van der Waals surface area contributed by atoms with E-state index in [4.69, 9.17) is 0 Å². The molecule has 3 rings (SSSR count). The predicted octanol–water partition coefficient (Wildman–Crippen LogP) is 3.57. The molecule has 6 nitrogen and oxygen atoms in total. The average Bonchev–Trinajstić information content (AvgIpc) is 2.78. The summed E-state index contributed by atoms with van der Waals surface area (Å²) in [5.74, 6) is -0.178. The number of carbonyl (C=O) groups is 2. The van der Waals surface area contributed by atoms with Gasteiger partial charge < -0.3 is 20.4 Å². The van der Waals surface area contributed by atoms with Crippen molar-refractivity contribution in [3.05, 3.63) is 66.2 Å². The Morgan fingerprint density at radius 2 is 1.77 bits per heavy atom. The highest BCUT2D eigenvalue weighted by Crippen LogP contribution is 2.19. The molecule has 0 aliphatic carbocycles. The normalized spacial score (nSPS) is 16.3. The number of benzene rings is 2. The van der Waals surface area contributed by atoms with Gasteiger partial charge in [-0.1, -0.05) is 48.5 Å². The molecule has 1 atom stereocenters. The van der Waals surface area contributed by atoms with Crippen LogP contribution in [-0.2, 0) is 11.3 Å². The Bertz CT molecular complexity index is 797. The quantitative estimate of drug-likeness (QED) is 0.657. The van der Waals surface area contributed by atoms with Crippen molar-refractivity contribution in [1.82, 2.24) is 15.1 Å². The zero-order valence-corrected chi connectivity index (χ0v) is 17.7. The molecule has 0 bridgehead atoms. The number of anilines is 1. The number of nitrogens with zero attached hydrogens (tertiary/aromatic N) is 2. The van der Waals surface area contributed by atoms with Crippen molar-refractivity contribution in [2.75, 3.05) is 38.5 Å². The van der Waals surface area contributed by atoms with Gasteiger partial charge in [0.05, 0.1) is 5.92 Å². The summed E-state index contributed by atoms with van der Waals surface area (Å²) in [5.41, 5.74) is 2.08. The van der Waals surface area contributed by atoms with E-state index in [2.05, 4.69) is 46.8 Å². The minimum atomic E-state index is -0.165. The molecule has 2 aromatic rings. The zero-order chi connectivity index (χ0) is 21.2. The second-order valence-electron chi connectivity index (χ2n) is 7.95. The van der Waals surface area contributed by atoms with Crippen molar-refractivity contribution in [3.63, 3.8) is 0 Å². The predicted molar refractivity (Wildman–Crippen MR) is 120 cm³/mol. The lowest BCUT2D eigenvalue weighted by molar-refractivity contribution is -0.121. The molecular weight excluding hydrogens is 376 g/mol. The first-order valence-electron chi connectivity index (χ1n) is 10.7. The summed E-state index contributed by atoms with van der Waals surface area (Å²) in [4.78, 5) is 29.1. The maximum atomic E-state index is 12.5. The van der Waals surface area contributed by atoms with Crippen LogP contribution < -0.4 is 10.6 Å². The zero-order valence-electron chi connectivity index (χ0n) is 17.7. The summed E-state index contributed by atoms with van der Waals surface area (Å²) in [6, 6.07) is 19.8. The molecule has 1 aliphatic heterocycles. The maximum Gasteiger partial charge on any atom is 0.317 e. The van der Waals surface area contributed by atoms with Crippen molar-refractivity contribution < 1.29 is 9.59 Å². The standard InChI is InChI=1S/C24H32N4O2/c1-27(18-20-10-4-2-5-11-20)16-9-15-25-24(30)28-17-8-12-21(19-28)23(29)26-22-13-6-3-7-14-22/h2-7,10-11,13-14,21H,8-9,12,15-19H2,1H3,(H,25,30)(H,26,29). The van der Waals surface area contributed by atoms with Crippen LogP contribution in [0.25, 0.3) is 0 Å². The number of nitrogens with one attached hydrogen (secondary N) is 2. The molecule has 1 saturated heterocycles. The average molecular weight is 409 g/mol. The van der Waals surface area contributed by atoms with Gasteiger partial charge >= 0.3 is 6.03 Å². The number of urea groups is 1. The van der Waals surface area contributed by atoms with E-state index in [1.165, 1.54) is 5.56 Å². The SMILES string of the molecule is CN(CCCNC(=O)N1CCCC(C(=O)Nc2ccccc2)C1)Cc1ccccc1. The fourth-order valence-electron chi connectivity index (χ4n) is 3.77. The molecule has 160 valence electrons. The monoisotopic (exact) mass is 408 g/mol. The summed E-state index contributed by atoms with van der Waals surface area (Å²) in [7, 11) is 2.09. The van der Waals surface area contributed by atoms with E-state index in [0.29, 0.717) is 19.6 Å². The third-order valence-electron chi connectivity index (χ3n) is 5.41. The highest BCUT2D eigenvalue weighted by molar-refractivity contribution is 5.93. The van der Waals surface area contributed by atoms with Crippen LogP contribution in [0.4, 0.5) is 10.5 Å². The van der Waals surface area contributed by atoms with Gasteiger partial charge in [-0.2, -0.15) is 0 Å². The summed E-state index contributed by atoms with van der Waals surface area (Å²) in [5, 5.41) is 5.96. The van der Waals surface area contributed by atoms with E-state index in [0.717, 1.165) is 38.0 Å². The molecule has 0 saturated carbocycles. The van der Waals surface area contributed by atoms with E-state index in [1.54, 1.807) is 4.90 Å². The molecule has 0 aromatic heterocycles. The van der Waals surface area contributed by atoms with Gasteiger partial charge in [-0.25, -0.2) is 4.79 Å². The molecular formula is C24H32N4O2. The molecule has 1 fully saturated rings. The van der Waals surface area contributed by atoms with Crippen LogP contribution in [-0.4, -0.2) is 55.0 Å². The van der Waals surface area contributed by atoms with Crippen LogP contribution in [0.2, 0.25) is 0 Å². The molecule has 2 N–H and O–H groups in total. The van der Waals surface area contributed by atoms with Crippen molar-refractivity contribution in [3.8, 4) is 0 Å². The topological polar surface area (TPSA) is 64.7 Å². The molecule has 30 heavy (non-hydrogen) atoms. The first-order chi connectivity index (χ1) is 14.6. The number of hydrogen-bond acceptors (Lipinski definition) is 3. The summed E-state index contributed by atoms with van der Waals surface area (Å²) in [6.07, 6.45) is 2.55. The third-order valence-corrected chi connectivity index (χ3v) is 5.41.